The standard InChI is InChI=1S/C29H40N2O4/c1-19(2)9-6-10-20(3)11-7-12-21(4)15-16-31-24-17-22(32)18-26(34)28(24)30(5)27-23(29(31)35)13-8-14-25(27)33/h8,13-15,17-20,32-34H,6-7,9-12,16H2,1-5H3/b21-15+. The average Bonchev–Trinajstić information content (AvgIpc) is 2.86. The van der Waals surface area contributed by atoms with Crippen molar-refractivity contribution >= 4 is 23.0 Å². The van der Waals surface area contributed by atoms with Gasteiger partial charge in [0.05, 0.1) is 16.9 Å². The van der Waals surface area contributed by atoms with Crippen molar-refractivity contribution in [3.63, 3.8) is 0 Å². The Balaban J connectivity index is 1.78. The van der Waals surface area contributed by atoms with Gasteiger partial charge in [-0.05, 0) is 43.7 Å². The first-order chi connectivity index (χ1) is 16.6. The molecule has 0 aliphatic carbocycles. The number of rotatable bonds is 10. The third kappa shape index (κ3) is 6.30. The number of amides is 1. The van der Waals surface area contributed by atoms with Crippen LogP contribution in [-0.4, -0.2) is 34.8 Å². The Morgan fingerprint density at radius 2 is 1.69 bits per heavy atom. The summed E-state index contributed by atoms with van der Waals surface area (Å²) in [5.74, 6) is 0.838. The number of carbonyl (C=O) groups excluding carboxylic acids is 1. The lowest BCUT2D eigenvalue weighted by Crippen LogP contribution is -2.30. The van der Waals surface area contributed by atoms with Gasteiger partial charge in [0, 0.05) is 25.7 Å². The molecule has 0 saturated heterocycles. The van der Waals surface area contributed by atoms with Gasteiger partial charge in [0.1, 0.15) is 22.9 Å². The highest BCUT2D eigenvalue weighted by Gasteiger charge is 2.33. The number of benzene rings is 2. The molecule has 190 valence electrons. The topological polar surface area (TPSA) is 84.2 Å². The maximum absolute atomic E-state index is 13.6. The lowest BCUT2D eigenvalue weighted by Gasteiger charge is -2.25. The number of aromatic hydroxyl groups is 3. The van der Waals surface area contributed by atoms with Crippen LogP contribution in [-0.2, 0) is 0 Å². The number of phenolic OH excluding ortho intramolecular Hbond substituents is 3. The summed E-state index contributed by atoms with van der Waals surface area (Å²) in [7, 11) is 1.69. The Morgan fingerprint density at radius 1 is 0.971 bits per heavy atom. The molecule has 0 radical (unpaired) electrons. The third-order valence-electron chi connectivity index (χ3n) is 6.88. The normalized spacial score (nSPS) is 14.7. The zero-order valence-corrected chi connectivity index (χ0v) is 21.7. The van der Waals surface area contributed by atoms with Gasteiger partial charge in [0.25, 0.3) is 5.91 Å². The van der Waals surface area contributed by atoms with Crippen LogP contribution in [0, 0.1) is 11.8 Å². The molecule has 35 heavy (non-hydrogen) atoms. The lowest BCUT2D eigenvalue weighted by molar-refractivity contribution is 0.0990. The van der Waals surface area contributed by atoms with Crippen LogP contribution in [0.5, 0.6) is 17.2 Å². The summed E-state index contributed by atoms with van der Waals surface area (Å²) in [6, 6.07) is 7.54. The Kier molecular flexibility index (Phi) is 8.71. The van der Waals surface area contributed by atoms with Crippen LogP contribution in [0.3, 0.4) is 0 Å². The van der Waals surface area contributed by atoms with E-state index in [-0.39, 0.29) is 23.2 Å². The Morgan fingerprint density at radius 3 is 2.40 bits per heavy atom. The molecule has 1 unspecified atom stereocenters. The fraction of sp³-hybridized carbons (Fsp3) is 0.483. The first kappa shape index (κ1) is 26.5. The van der Waals surface area contributed by atoms with Crippen LogP contribution in [0.25, 0.3) is 0 Å². The molecule has 6 heteroatoms. The van der Waals surface area contributed by atoms with Crippen molar-refractivity contribution in [1.29, 1.82) is 0 Å². The minimum Gasteiger partial charge on any atom is -0.508 e. The van der Waals surface area contributed by atoms with E-state index in [0.29, 0.717) is 35.1 Å². The van der Waals surface area contributed by atoms with E-state index in [2.05, 4.69) is 27.7 Å². The molecule has 1 amide bonds. The van der Waals surface area contributed by atoms with Crippen molar-refractivity contribution in [2.75, 3.05) is 23.4 Å². The minimum atomic E-state index is -0.297. The predicted octanol–water partition coefficient (Wildman–Crippen LogP) is 7.11. The van der Waals surface area contributed by atoms with E-state index >= 15 is 0 Å². The molecule has 0 aromatic heterocycles. The molecule has 0 saturated carbocycles. The highest BCUT2D eigenvalue weighted by atomic mass is 16.3. The number of nitrogens with zero attached hydrogens (tertiary/aromatic N) is 2. The summed E-state index contributed by atoms with van der Waals surface area (Å²) < 4.78 is 0. The second kappa shape index (κ2) is 11.5. The number of phenols is 3. The van der Waals surface area contributed by atoms with E-state index < -0.39 is 0 Å². The molecule has 0 spiro atoms. The van der Waals surface area contributed by atoms with Gasteiger partial charge in [-0.3, -0.25) is 4.79 Å². The number of carbonyl (C=O) groups is 1. The van der Waals surface area contributed by atoms with E-state index in [1.54, 1.807) is 29.0 Å². The van der Waals surface area contributed by atoms with Crippen molar-refractivity contribution in [1.82, 2.24) is 0 Å². The van der Waals surface area contributed by atoms with Crippen LogP contribution in [0.1, 0.15) is 76.6 Å². The average molecular weight is 481 g/mol. The number of allylic oxidation sites excluding steroid dienone is 1. The van der Waals surface area contributed by atoms with Crippen molar-refractivity contribution in [2.45, 2.75) is 66.2 Å². The Bertz CT molecular complexity index is 1080. The quantitative estimate of drug-likeness (QED) is 0.316. The number of hydrogen-bond donors (Lipinski definition) is 3. The molecular weight excluding hydrogens is 440 g/mol. The van der Waals surface area contributed by atoms with Gasteiger partial charge in [0.15, 0.2) is 0 Å². The summed E-state index contributed by atoms with van der Waals surface area (Å²) in [4.78, 5) is 16.7. The van der Waals surface area contributed by atoms with E-state index in [9.17, 15) is 20.1 Å². The molecule has 3 rings (SSSR count). The summed E-state index contributed by atoms with van der Waals surface area (Å²) in [6.07, 6.45) is 9.15. The van der Waals surface area contributed by atoms with Crippen LogP contribution >= 0.6 is 0 Å². The predicted molar refractivity (Wildman–Crippen MR) is 143 cm³/mol. The van der Waals surface area contributed by atoms with Crippen LogP contribution in [0.2, 0.25) is 0 Å². The van der Waals surface area contributed by atoms with Crippen molar-refractivity contribution in [3.05, 3.63) is 47.5 Å². The lowest BCUT2D eigenvalue weighted by atomic mass is 9.94. The van der Waals surface area contributed by atoms with Gasteiger partial charge in [-0.2, -0.15) is 0 Å². The molecule has 6 nitrogen and oxygen atoms in total. The first-order valence-electron chi connectivity index (χ1n) is 12.7. The summed E-state index contributed by atoms with van der Waals surface area (Å²) in [5, 5.41) is 31.3. The van der Waals surface area contributed by atoms with Gasteiger partial charge in [-0.15, -0.1) is 0 Å². The second-order valence-electron chi connectivity index (χ2n) is 10.4. The molecule has 2 aromatic carbocycles. The molecule has 3 N–H and O–H groups in total. The van der Waals surface area contributed by atoms with E-state index in [0.717, 1.165) is 18.8 Å². The molecule has 1 aliphatic heterocycles. The van der Waals surface area contributed by atoms with E-state index in [1.807, 2.05) is 6.08 Å². The van der Waals surface area contributed by atoms with Crippen molar-refractivity contribution < 1.29 is 20.1 Å². The summed E-state index contributed by atoms with van der Waals surface area (Å²) in [5.41, 5.74) is 2.62. The second-order valence-corrected chi connectivity index (χ2v) is 10.4. The van der Waals surface area contributed by atoms with Gasteiger partial charge in [0.2, 0.25) is 0 Å². The highest BCUT2D eigenvalue weighted by molar-refractivity contribution is 6.15. The van der Waals surface area contributed by atoms with Crippen LogP contribution in [0.4, 0.5) is 17.1 Å². The summed E-state index contributed by atoms with van der Waals surface area (Å²) >= 11 is 0. The van der Waals surface area contributed by atoms with Crippen LogP contribution < -0.4 is 9.80 Å². The molecule has 0 bridgehead atoms. The third-order valence-corrected chi connectivity index (χ3v) is 6.88. The van der Waals surface area contributed by atoms with E-state index in [4.69, 9.17) is 0 Å². The zero-order chi connectivity index (χ0) is 25.7. The van der Waals surface area contributed by atoms with Gasteiger partial charge < -0.3 is 25.1 Å². The maximum atomic E-state index is 13.6. The number of fused-ring (bicyclic) bond motifs is 2. The van der Waals surface area contributed by atoms with Crippen molar-refractivity contribution in [3.8, 4) is 17.2 Å². The monoisotopic (exact) mass is 480 g/mol. The van der Waals surface area contributed by atoms with Gasteiger partial charge in [-0.25, -0.2) is 0 Å². The first-order valence-corrected chi connectivity index (χ1v) is 12.7. The number of hydrogen-bond acceptors (Lipinski definition) is 5. The Hall–Kier alpha value is -3.15. The number of para-hydroxylation sites is 1. The van der Waals surface area contributed by atoms with Gasteiger partial charge >= 0.3 is 0 Å². The summed E-state index contributed by atoms with van der Waals surface area (Å²) in [6.45, 7) is 9.25. The largest absolute Gasteiger partial charge is 0.508 e. The molecule has 1 atom stereocenters. The highest BCUT2D eigenvalue weighted by Crippen LogP contribution is 2.49. The number of anilines is 3. The van der Waals surface area contributed by atoms with Gasteiger partial charge in [-0.1, -0.05) is 64.2 Å². The molecule has 1 aliphatic rings. The van der Waals surface area contributed by atoms with Crippen LogP contribution in [0.15, 0.2) is 42.0 Å². The molecular formula is C29H40N2O4. The SMILES string of the molecule is C/C(=C\CN1C(=O)c2cccc(O)c2N(C)c2c(O)cc(O)cc21)CCCC(C)CCCC(C)C. The fourth-order valence-electron chi connectivity index (χ4n) is 4.84. The van der Waals surface area contributed by atoms with Crippen molar-refractivity contribution in [2.24, 2.45) is 11.8 Å². The Labute approximate surface area is 209 Å². The maximum Gasteiger partial charge on any atom is 0.260 e. The van der Waals surface area contributed by atoms with E-state index in [1.165, 1.54) is 49.5 Å². The smallest absolute Gasteiger partial charge is 0.260 e. The molecule has 0 fully saturated rings. The minimum absolute atomic E-state index is 0.0483. The molecule has 2 aromatic rings. The zero-order valence-electron chi connectivity index (χ0n) is 21.7. The fourth-order valence-corrected chi connectivity index (χ4v) is 4.84. The molecule has 1 heterocycles.